The van der Waals surface area contributed by atoms with Crippen LogP contribution in [0, 0.1) is 0 Å². The lowest BCUT2D eigenvalue weighted by molar-refractivity contribution is -0.198. The van der Waals surface area contributed by atoms with Crippen molar-refractivity contribution in [3.05, 3.63) is 0 Å². The molecule has 0 bridgehead atoms. The van der Waals surface area contributed by atoms with Crippen molar-refractivity contribution in [1.82, 2.24) is 5.48 Å². The van der Waals surface area contributed by atoms with Gasteiger partial charge in [0.2, 0.25) is 0 Å². The van der Waals surface area contributed by atoms with Gasteiger partial charge in [-0.05, 0) is 19.8 Å². The fourth-order valence-corrected chi connectivity index (χ4v) is 1.28. The van der Waals surface area contributed by atoms with E-state index in [0.717, 1.165) is 0 Å². The number of alkyl halides is 3. The van der Waals surface area contributed by atoms with Gasteiger partial charge in [0.1, 0.15) is 0 Å². The van der Waals surface area contributed by atoms with Gasteiger partial charge in [-0.1, -0.05) is 0 Å². The number of hydroxylamine groups is 1. The van der Waals surface area contributed by atoms with E-state index in [0.29, 0.717) is 19.4 Å². The van der Waals surface area contributed by atoms with Crippen LogP contribution >= 0.6 is 0 Å². The highest BCUT2D eigenvalue weighted by molar-refractivity contribution is 4.83. The molecule has 0 amide bonds. The molecule has 0 aromatic rings. The van der Waals surface area contributed by atoms with Gasteiger partial charge in [-0.3, -0.25) is 4.84 Å². The number of hydrogen-bond acceptors (Lipinski definition) is 3. The second-order valence-corrected chi connectivity index (χ2v) is 3.27. The van der Waals surface area contributed by atoms with Gasteiger partial charge in [0.05, 0.1) is 6.10 Å². The number of halogens is 3. The smallest absolute Gasteiger partial charge is 0.378 e. The van der Waals surface area contributed by atoms with Gasteiger partial charge in [0.25, 0.3) is 0 Å². The summed E-state index contributed by atoms with van der Waals surface area (Å²) in [6.45, 7) is 1.28. The molecule has 0 aromatic heterocycles. The highest BCUT2D eigenvalue weighted by atomic mass is 19.4. The van der Waals surface area contributed by atoms with Crippen LogP contribution in [0.5, 0.6) is 0 Å². The minimum absolute atomic E-state index is 0.00565. The summed E-state index contributed by atoms with van der Waals surface area (Å²) in [5, 5.41) is 0. The molecule has 1 N–H and O–H groups in total. The maximum absolute atomic E-state index is 11.6. The van der Waals surface area contributed by atoms with Crippen LogP contribution in [0.4, 0.5) is 13.2 Å². The minimum atomic E-state index is -4.27. The number of hydrogen-bond donors (Lipinski definition) is 1. The van der Waals surface area contributed by atoms with Gasteiger partial charge in [-0.2, -0.15) is 18.7 Å². The Labute approximate surface area is 80.5 Å². The molecule has 1 aliphatic rings. The summed E-state index contributed by atoms with van der Waals surface area (Å²) in [6.07, 6.45) is -2.67. The summed E-state index contributed by atoms with van der Waals surface area (Å²) < 4.78 is 40.1. The van der Waals surface area contributed by atoms with E-state index in [-0.39, 0.29) is 12.1 Å². The Bertz CT molecular complexity index is 168. The molecule has 0 atom stereocenters. The summed E-state index contributed by atoms with van der Waals surface area (Å²) in [7, 11) is 0. The van der Waals surface area contributed by atoms with E-state index < -0.39 is 12.8 Å². The molecule has 6 heteroatoms. The van der Waals surface area contributed by atoms with Crippen LogP contribution in [0.1, 0.15) is 19.8 Å². The number of ether oxygens (including phenoxy) is 1. The Hall–Kier alpha value is -0.330. The lowest BCUT2D eigenvalue weighted by Gasteiger charge is -2.34. The summed E-state index contributed by atoms with van der Waals surface area (Å²) in [4.78, 5) is 4.30. The molecule has 0 aromatic carbocycles. The molecule has 0 heterocycles. The van der Waals surface area contributed by atoms with E-state index in [2.05, 4.69) is 10.3 Å². The molecule has 84 valence electrons. The molecule has 3 nitrogen and oxygen atoms in total. The van der Waals surface area contributed by atoms with Crippen LogP contribution in [-0.4, -0.2) is 31.5 Å². The van der Waals surface area contributed by atoms with Crippen LogP contribution in [0.15, 0.2) is 0 Å². The highest BCUT2D eigenvalue weighted by Crippen LogP contribution is 2.23. The van der Waals surface area contributed by atoms with Crippen LogP contribution < -0.4 is 5.48 Å². The molecule has 1 fully saturated rings. The lowest BCUT2D eigenvalue weighted by Crippen LogP contribution is -2.46. The van der Waals surface area contributed by atoms with E-state index in [4.69, 9.17) is 4.74 Å². The molecule has 14 heavy (non-hydrogen) atoms. The number of rotatable bonds is 5. The van der Waals surface area contributed by atoms with Crippen LogP contribution in [0.25, 0.3) is 0 Å². The molecular formula is C8H14F3NO2. The molecule has 0 saturated heterocycles. The van der Waals surface area contributed by atoms with E-state index in [1.807, 2.05) is 6.92 Å². The Morgan fingerprint density at radius 3 is 2.50 bits per heavy atom. The van der Waals surface area contributed by atoms with Gasteiger partial charge < -0.3 is 4.74 Å². The Kier molecular flexibility index (Phi) is 4.15. The first-order valence-electron chi connectivity index (χ1n) is 4.57. The van der Waals surface area contributed by atoms with Crippen molar-refractivity contribution in [2.75, 3.05) is 13.2 Å². The zero-order chi connectivity index (χ0) is 10.6. The van der Waals surface area contributed by atoms with E-state index >= 15 is 0 Å². The summed E-state index contributed by atoms with van der Waals surface area (Å²) >= 11 is 0. The molecule has 1 rings (SSSR count). The zero-order valence-electron chi connectivity index (χ0n) is 7.93. The van der Waals surface area contributed by atoms with Gasteiger partial charge in [0, 0.05) is 12.6 Å². The first-order valence-corrected chi connectivity index (χ1v) is 4.57. The van der Waals surface area contributed by atoms with Crippen molar-refractivity contribution < 1.29 is 22.7 Å². The second kappa shape index (κ2) is 4.95. The zero-order valence-corrected chi connectivity index (χ0v) is 7.93. The van der Waals surface area contributed by atoms with Crippen molar-refractivity contribution in [3.63, 3.8) is 0 Å². The van der Waals surface area contributed by atoms with Gasteiger partial charge in [0.15, 0.2) is 6.61 Å². The van der Waals surface area contributed by atoms with Crippen molar-refractivity contribution in [2.24, 2.45) is 0 Å². The first kappa shape index (κ1) is 11.7. The molecular weight excluding hydrogens is 199 g/mol. The van der Waals surface area contributed by atoms with Crippen molar-refractivity contribution >= 4 is 0 Å². The van der Waals surface area contributed by atoms with E-state index in [9.17, 15) is 13.2 Å². The first-order chi connectivity index (χ1) is 6.51. The average molecular weight is 213 g/mol. The largest absolute Gasteiger partial charge is 0.413 e. The molecule has 0 unspecified atom stereocenters. The van der Waals surface area contributed by atoms with Crippen molar-refractivity contribution in [3.8, 4) is 0 Å². The predicted octanol–water partition coefficient (Wildman–Crippen LogP) is 1.64. The maximum Gasteiger partial charge on any atom is 0.413 e. The fraction of sp³-hybridized carbons (Fsp3) is 1.00. The van der Waals surface area contributed by atoms with Crippen LogP contribution in [0.2, 0.25) is 0 Å². The van der Waals surface area contributed by atoms with Crippen LogP contribution in [-0.2, 0) is 9.57 Å². The summed E-state index contributed by atoms with van der Waals surface area (Å²) in [6, 6.07) is -0.00565. The monoisotopic (exact) mass is 213 g/mol. The van der Waals surface area contributed by atoms with Gasteiger partial charge >= 0.3 is 6.18 Å². The van der Waals surface area contributed by atoms with Crippen molar-refractivity contribution in [2.45, 2.75) is 38.1 Å². The highest BCUT2D eigenvalue weighted by Gasteiger charge is 2.32. The number of nitrogens with one attached hydrogen (secondary N) is 1. The lowest BCUT2D eigenvalue weighted by atomic mass is 9.90. The SMILES string of the molecule is CCOC1CC(NOCC(F)(F)F)C1. The van der Waals surface area contributed by atoms with Crippen LogP contribution in [0.3, 0.4) is 0 Å². The van der Waals surface area contributed by atoms with E-state index in [1.54, 1.807) is 0 Å². The van der Waals surface area contributed by atoms with Crippen molar-refractivity contribution in [1.29, 1.82) is 0 Å². The Morgan fingerprint density at radius 1 is 1.36 bits per heavy atom. The average Bonchev–Trinajstić information content (AvgIpc) is 1.97. The summed E-state index contributed by atoms with van der Waals surface area (Å²) in [5.41, 5.74) is 2.36. The predicted molar refractivity (Wildman–Crippen MR) is 43.6 cm³/mol. The fourth-order valence-electron chi connectivity index (χ4n) is 1.28. The normalized spacial score (nSPS) is 27.4. The Morgan fingerprint density at radius 2 is 2.00 bits per heavy atom. The molecule has 1 aliphatic carbocycles. The standard InChI is InChI=1S/C8H14F3NO2/c1-2-13-7-3-6(4-7)12-14-5-8(9,10)11/h6-7,12H,2-5H2,1H3. The molecule has 0 aliphatic heterocycles. The quantitative estimate of drug-likeness (QED) is 0.704. The maximum atomic E-state index is 11.6. The third-order valence-electron chi connectivity index (χ3n) is 1.98. The minimum Gasteiger partial charge on any atom is -0.378 e. The van der Waals surface area contributed by atoms with Gasteiger partial charge in [-0.15, -0.1) is 0 Å². The van der Waals surface area contributed by atoms with Gasteiger partial charge in [-0.25, -0.2) is 0 Å². The molecule has 0 spiro atoms. The molecule has 0 radical (unpaired) electrons. The third kappa shape index (κ3) is 4.26. The second-order valence-electron chi connectivity index (χ2n) is 3.27. The topological polar surface area (TPSA) is 30.5 Å². The molecule has 1 saturated carbocycles. The Balaban J connectivity index is 1.96. The third-order valence-corrected chi connectivity index (χ3v) is 1.98. The summed E-state index contributed by atoms with van der Waals surface area (Å²) in [5.74, 6) is 0. The van der Waals surface area contributed by atoms with E-state index in [1.165, 1.54) is 0 Å².